The number of halogens is 4. The molecule has 1 aromatic rings. The van der Waals surface area contributed by atoms with E-state index in [4.69, 9.17) is 17.3 Å². The minimum absolute atomic E-state index is 0.100. The monoisotopic (exact) mass is 210 g/mol. The van der Waals surface area contributed by atoms with Crippen LogP contribution in [0.25, 0.3) is 0 Å². The van der Waals surface area contributed by atoms with E-state index < -0.39 is 12.2 Å². The number of hydrogen-bond acceptors (Lipinski definition) is 2. The van der Waals surface area contributed by atoms with Crippen LogP contribution in [0.15, 0.2) is 18.3 Å². The zero-order valence-electron chi connectivity index (χ0n) is 6.35. The second-order valence-corrected chi connectivity index (χ2v) is 2.82. The molecule has 0 radical (unpaired) electrons. The van der Waals surface area contributed by atoms with Crippen LogP contribution >= 0.6 is 11.6 Å². The van der Waals surface area contributed by atoms with Gasteiger partial charge < -0.3 is 5.73 Å². The van der Waals surface area contributed by atoms with E-state index in [0.717, 1.165) is 6.20 Å². The van der Waals surface area contributed by atoms with Gasteiger partial charge in [0.25, 0.3) is 0 Å². The first-order chi connectivity index (χ1) is 5.91. The lowest BCUT2D eigenvalue weighted by molar-refractivity contribution is -0.149. The molecular weight excluding hydrogens is 205 g/mol. The van der Waals surface area contributed by atoms with Crippen LogP contribution in [0.5, 0.6) is 0 Å². The summed E-state index contributed by atoms with van der Waals surface area (Å²) in [6, 6.07) is 0.466. The fourth-order valence-corrected chi connectivity index (χ4v) is 0.872. The van der Waals surface area contributed by atoms with Gasteiger partial charge >= 0.3 is 6.18 Å². The average Bonchev–Trinajstić information content (AvgIpc) is 2.03. The third kappa shape index (κ3) is 2.57. The topological polar surface area (TPSA) is 38.9 Å². The molecule has 2 N–H and O–H groups in total. The predicted molar refractivity (Wildman–Crippen MR) is 42.2 cm³/mol. The van der Waals surface area contributed by atoms with Gasteiger partial charge in [0.15, 0.2) is 0 Å². The maximum absolute atomic E-state index is 12.0. The molecule has 0 spiro atoms. The van der Waals surface area contributed by atoms with E-state index >= 15 is 0 Å². The van der Waals surface area contributed by atoms with Gasteiger partial charge in [-0.05, 0) is 11.6 Å². The molecule has 0 amide bonds. The van der Waals surface area contributed by atoms with Crippen LogP contribution in [-0.2, 0) is 0 Å². The van der Waals surface area contributed by atoms with Crippen LogP contribution in [0.3, 0.4) is 0 Å². The lowest BCUT2D eigenvalue weighted by Crippen LogP contribution is -2.28. The van der Waals surface area contributed by atoms with Crippen molar-refractivity contribution < 1.29 is 13.2 Å². The Labute approximate surface area is 77.5 Å². The second kappa shape index (κ2) is 3.51. The van der Waals surface area contributed by atoms with Crippen molar-refractivity contribution in [2.24, 2.45) is 5.73 Å². The van der Waals surface area contributed by atoms with Crippen molar-refractivity contribution >= 4 is 11.6 Å². The van der Waals surface area contributed by atoms with Crippen LogP contribution in [-0.4, -0.2) is 11.2 Å². The molecule has 1 rings (SSSR count). The van der Waals surface area contributed by atoms with Gasteiger partial charge in [0.05, 0.1) is 0 Å². The number of pyridine rings is 1. The highest BCUT2D eigenvalue weighted by Crippen LogP contribution is 2.30. The Bertz CT molecular complexity index is 283. The number of hydrogen-bond donors (Lipinski definition) is 1. The van der Waals surface area contributed by atoms with E-state index in [9.17, 15) is 13.2 Å². The summed E-state index contributed by atoms with van der Waals surface area (Å²) in [5, 5.41) is 0.137. The van der Waals surface area contributed by atoms with Gasteiger partial charge in [-0.15, -0.1) is 0 Å². The van der Waals surface area contributed by atoms with E-state index in [1.807, 2.05) is 0 Å². The van der Waals surface area contributed by atoms with E-state index in [2.05, 4.69) is 4.98 Å². The highest BCUT2D eigenvalue weighted by Gasteiger charge is 2.37. The van der Waals surface area contributed by atoms with Crippen LogP contribution in [0.2, 0.25) is 5.15 Å². The lowest BCUT2D eigenvalue weighted by Gasteiger charge is -2.14. The quantitative estimate of drug-likeness (QED) is 0.723. The minimum Gasteiger partial charge on any atom is -0.316 e. The minimum atomic E-state index is -4.45. The fraction of sp³-hybridized carbons (Fsp3) is 0.286. The molecule has 2 nitrogen and oxygen atoms in total. The maximum atomic E-state index is 12.0. The summed E-state index contributed by atoms with van der Waals surface area (Å²) < 4.78 is 36.1. The Morgan fingerprint density at radius 2 is 2.00 bits per heavy atom. The zero-order chi connectivity index (χ0) is 10.1. The summed E-state index contributed by atoms with van der Waals surface area (Å²) in [7, 11) is 0. The highest BCUT2D eigenvalue weighted by atomic mass is 35.5. The molecule has 1 atom stereocenters. The largest absolute Gasteiger partial charge is 0.407 e. The third-order valence-electron chi connectivity index (χ3n) is 1.46. The molecule has 0 aliphatic carbocycles. The molecule has 0 saturated heterocycles. The van der Waals surface area contributed by atoms with Gasteiger partial charge in [0, 0.05) is 6.20 Å². The molecule has 0 unspecified atom stereocenters. The normalized spacial score (nSPS) is 14.2. The van der Waals surface area contributed by atoms with Gasteiger partial charge in [0.2, 0.25) is 0 Å². The number of nitrogens with zero attached hydrogens (tertiary/aromatic N) is 1. The molecule has 0 aromatic carbocycles. The standard InChI is InChI=1S/C7H6ClF3N2/c8-5-2-1-4(3-13-5)6(12)7(9,10)11/h1-3,6H,12H2/t6-/m1/s1. The van der Waals surface area contributed by atoms with E-state index in [0.29, 0.717) is 0 Å². The molecule has 1 heterocycles. The maximum Gasteiger partial charge on any atom is 0.407 e. The Morgan fingerprint density at radius 1 is 1.38 bits per heavy atom. The van der Waals surface area contributed by atoms with Crippen LogP contribution in [0.4, 0.5) is 13.2 Å². The second-order valence-electron chi connectivity index (χ2n) is 2.43. The number of rotatable bonds is 1. The molecule has 0 saturated carbocycles. The van der Waals surface area contributed by atoms with E-state index in [1.165, 1.54) is 12.1 Å². The first-order valence-electron chi connectivity index (χ1n) is 3.35. The fourth-order valence-electron chi connectivity index (χ4n) is 0.760. The number of nitrogens with two attached hydrogens (primary N) is 1. The molecule has 72 valence electrons. The third-order valence-corrected chi connectivity index (χ3v) is 1.69. The Kier molecular flexibility index (Phi) is 2.77. The lowest BCUT2D eigenvalue weighted by atomic mass is 10.1. The Morgan fingerprint density at radius 3 is 2.38 bits per heavy atom. The van der Waals surface area contributed by atoms with Crippen molar-refractivity contribution in [3.8, 4) is 0 Å². The molecule has 0 fully saturated rings. The Hall–Kier alpha value is -0.810. The van der Waals surface area contributed by atoms with Crippen LogP contribution < -0.4 is 5.73 Å². The van der Waals surface area contributed by atoms with E-state index in [-0.39, 0.29) is 10.7 Å². The number of aromatic nitrogens is 1. The molecule has 6 heteroatoms. The van der Waals surface area contributed by atoms with Gasteiger partial charge in [-0.3, -0.25) is 0 Å². The molecule has 0 aliphatic heterocycles. The van der Waals surface area contributed by atoms with Gasteiger partial charge in [-0.2, -0.15) is 13.2 Å². The smallest absolute Gasteiger partial charge is 0.316 e. The first kappa shape index (κ1) is 10.3. The summed E-state index contributed by atoms with van der Waals surface area (Å²) in [6.07, 6.45) is -3.43. The molecular formula is C7H6ClF3N2. The van der Waals surface area contributed by atoms with Crippen molar-refractivity contribution in [2.75, 3.05) is 0 Å². The molecule has 0 aliphatic rings. The summed E-state index contributed by atoms with van der Waals surface area (Å²) in [6.45, 7) is 0. The SMILES string of the molecule is N[C@H](c1ccc(Cl)nc1)C(F)(F)F. The highest BCUT2D eigenvalue weighted by molar-refractivity contribution is 6.29. The van der Waals surface area contributed by atoms with Crippen molar-refractivity contribution in [3.63, 3.8) is 0 Å². The summed E-state index contributed by atoms with van der Waals surface area (Å²) >= 11 is 5.40. The first-order valence-corrected chi connectivity index (χ1v) is 3.73. The van der Waals surface area contributed by atoms with Crippen LogP contribution in [0, 0.1) is 0 Å². The van der Waals surface area contributed by atoms with Gasteiger partial charge in [-0.1, -0.05) is 17.7 Å². The van der Waals surface area contributed by atoms with Crippen molar-refractivity contribution in [1.29, 1.82) is 0 Å². The van der Waals surface area contributed by atoms with Crippen LogP contribution in [0.1, 0.15) is 11.6 Å². The van der Waals surface area contributed by atoms with Crippen molar-refractivity contribution in [3.05, 3.63) is 29.0 Å². The van der Waals surface area contributed by atoms with Crippen molar-refractivity contribution in [2.45, 2.75) is 12.2 Å². The number of alkyl halides is 3. The average molecular weight is 211 g/mol. The predicted octanol–water partition coefficient (Wildman–Crippen LogP) is 2.30. The molecule has 0 bridgehead atoms. The van der Waals surface area contributed by atoms with Gasteiger partial charge in [-0.25, -0.2) is 4.98 Å². The van der Waals surface area contributed by atoms with E-state index in [1.54, 1.807) is 0 Å². The summed E-state index contributed by atoms with van der Waals surface area (Å²) in [5.41, 5.74) is 4.81. The summed E-state index contributed by atoms with van der Waals surface area (Å²) in [5.74, 6) is 0. The molecule has 1 aromatic heterocycles. The summed E-state index contributed by atoms with van der Waals surface area (Å²) in [4.78, 5) is 3.50. The Balaban J connectivity index is 2.90. The zero-order valence-corrected chi connectivity index (χ0v) is 7.10. The van der Waals surface area contributed by atoms with Gasteiger partial charge in [0.1, 0.15) is 11.2 Å². The van der Waals surface area contributed by atoms with Crippen molar-refractivity contribution in [1.82, 2.24) is 4.98 Å². The molecule has 13 heavy (non-hydrogen) atoms.